The second kappa shape index (κ2) is 3.73. The lowest BCUT2D eigenvalue weighted by atomic mass is 10.0. The fourth-order valence-electron chi connectivity index (χ4n) is 1.69. The smallest absolute Gasteiger partial charge is 0.0717 e. The van der Waals surface area contributed by atoms with Gasteiger partial charge in [0.05, 0.1) is 6.10 Å². The van der Waals surface area contributed by atoms with Crippen molar-refractivity contribution in [1.82, 2.24) is 10.6 Å². The highest BCUT2D eigenvalue weighted by Gasteiger charge is 2.26. The van der Waals surface area contributed by atoms with Crippen molar-refractivity contribution in [3.05, 3.63) is 0 Å². The lowest BCUT2D eigenvalue weighted by molar-refractivity contribution is 0.0988. The molecule has 0 amide bonds. The summed E-state index contributed by atoms with van der Waals surface area (Å²) in [6.45, 7) is 2.99. The summed E-state index contributed by atoms with van der Waals surface area (Å²) in [4.78, 5) is 0. The molecule has 0 bridgehead atoms. The molecule has 2 unspecified atom stereocenters. The standard InChI is InChI=1S/C9H18N2O/c12-9-3-4-10-6-8(9)11-5-7-1-2-7/h7-12H,1-6H2. The Bertz CT molecular complexity index is 147. The molecule has 0 aromatic heterocycles. The van der Waals surface area contributed by atoms with Crippen LogP contribution in [-0.2, 0) is 0 Å². The third-order valence-corrected chi connectivity index (χ3v) is 2.81. The predicted octanol–water partition coefficient (Wildman–Crippen LogP) is -0.291. The van der Waals surface area contributed by atoms with Crippen LogP contribution in [0.3, 0.4) is 0 Å². The van der Waals surface area contributed by atoms with E-state index in [0.29, 0.717) is 6.04 Å². The van der Waals surface area contributed by atoms with Gasteiger partial charge in [-0.05, 0) is 38.3 Å². The molecule has 2 aliphatic rings. The number of piperidine rings is 1. The third-order valence-electron chi connectivity index (χ3n) is 2.81. The van der Waals surface area contributed by atoms with Gasteiger partial charge in [0, 0.05) is 12.6 Å². The number of nitrogens with one attached hydrogen (secondary N) is 2. The second-order valence-corrected chi connectivity index (χ2v) is 4.02. The molecule has 1 heterocycles. The lowest BCUT2D eigenvalue weighted by Gasteiger charge is -2.29. The molecule has 0 aromatic carbocycles. The highest BCUT2D eigenvalue weighted by Crippen LogP contribution is 2.27. The quantitative estimate of drug-likeness (QED) is 0.545. The molecular formula is C9H18N2O. The monoisotopic (exact) mass is 170 g/mol. The van der Waals surface area contributed by atoms with Gasteiger partial charge in [-0.25, -0.2) is 0 Å². The van der Waals surface area contributed by atoms with Gasteiger partial charge in [-0.1, -0.05) is 0 Å². The van der Waals surface area contributed by atoms with Gasteiger partial charge in [0.15, 0.2) is 0 Å². The topological polar surface area (TPSA) is 44.3 Å². The van der Waals surface area contributed by atoms with Crippen molar-refractivity contribution in [1.29, 1.82) is 0 Å². The van der Waals surface area contributed by atoms with Crippen molar-refractivity contribution in [2.24, 2.45) is 5.92 Å². The van der Waals surface area contributed by atoms with E-state index >= 15 is 0 Å². The van der Waals surface area contributed by atoms with E-state index < -0.39 is 0 Å². The number of hydrogen-bond donors (Lipinski definition) is 3. The Labute approximate surface area is 73.5 Å². The van der Waals surface area contributed by atoms with E-state index in [1.807, 2.05) is 0 Å². The van der Waals surface area contributed by atoms with E-state index in [2.05, 4.69) is 10.6 Å². The minimum atomic E-state index is -0.134. The van der Waals surface area contributed by atoms with Gasteiger partial charge < -0.3 is 15.7 Å². The molecule has 3 nitrogen and oxygen atoms in total. The lowest BCUT2D eigenvalue weighted by Crippen LogP contribution is -2.52. The summed E-state index contributed by atoms with van der Waals surface area (Å²) in [5, 5.41) is 16.3. The minimum absolute atomic E-state index is 0.134. The van der Waals surface area contributed by atoms with Gasteiger partial charge in [0.25, 0.3) is 0 Å². The highest BCUT2D eigenvalue weighted by molar-refractivity contribution is 4.85. The van der Waals surface area contributed by atoms with Gasteiger partial charge >= 0.3 is 0 Å². The Kier molecular flexibility index (Phi) is 2.63. The zero-order valence-electron chi connectivity index (χ0n) is 7.42. The Morgan fingerprint density at radius 1 is 1.33 bits per heavy atom. The van der Waals surface area contributed by atoms with Gasteiger partial charge in [-0.2, -0.15) is 0 Å². The maximum absolute atomic E-state index is 9.60. The molecule has 2 fully saturated rings. The van der Waals surface area contributed by atoms with Crippen LogP contribution < -0.4 is 10.6 Å². The molecular weight excluding hydrogens is 152 g/mol. The molecule has 1 aliphatic carbocycles. The van der Waals surface area contributed by atoms with Crippen LogP contribution in [0.25, 0.3) is 0 Å². The van der Waals surface area contributed by atoms with Crippen LogP contribution in [-0.4, -0.2) is 36.9 Å². The molecule has 0 spiro atoms. The van der Waals surface area contributed by atoms with Crippen molar-refractivity contribution in [3.8, 4) is 0 Å². The molecule has 1 saturated carbocycles. The van der Waals surface area contributed by atoms with Gasteiger partial charge in [0.1, 0.15) is 0 Å². The van der Waals surface area contributed by atoms with Crippen molar-refractivity contribution in [3.63, 3.8) is 0 Å². The largest absolute Gasteiger partial charge is 0.391 e. The molecule has 0 aromatic rings. The molecule has 1 aliphatic heterocycles. The first-order valence-corrected chi connectivity index (χ1v) is 4.98. The SMILES string of the molecule is OC1CCNCC1NCC1CC1. The van der Waals surface area contributed by atoms with Crippen LogP contribution in [0.15, 0.2) is 0 Å². The first-order chi connectivity index (χ1) is 5.86. The molecule has 2 rings (SSSR count). The summed E-state index contributed by atoms with van der Waals surface area (Å²) in [7, 11) is 0. The Morgan fingerprint density at radius 2 is 2.17 bits per heavy atom. The maximum Gasteiger partial charge on any atom is 0.0717 e. The van der Waals surface area contributed by atoms with Crippen LogP contribution in [0.5, 0.6) is 0 Å². The van der Waals surface area contributed by atoms with E-state index in [0.717, 1.165) is 32.0 Å². The van der Waals surface area contributed by atoms with E-state index in [1.54, 1.807) is 0 Å². The van der Waals surface area contributed by atoms with Crippen LogP contribution in [0.2, 0.25) is 0 Å². The van der Waals surface area contributed by atoms with Crippen molar-refractivity contribution >= 4 is 0 Å². The third kappa shape index (κ3) is 2.19. The maximum atomic E-state index is 9.60. The average molecular weight is 170 g/mol. The average Bonchev–Trinajstić information content (AvgIpc) is 2.86. The Morgan fingerprint density at radius 3 is 2.83 bits per heavy atom. The summed E-state index contributed by atoms with van der Waals surface area (Å²) in [5.74, 6) is 0.902. The summed E-state index contributed by atoms with van der Waals surface area (Å²) in [5.41, 5.74) is 0. The van der Waals surface area contributed by atoms with Crippen LogP contribution in [0.1, 0.15) is 19.3 Å². The fraction of sp³-hybridized carbons (Fsp3) is 1.00. The molecule has 0 radical (unpaired) electrons. The number of rotatable bonds is 3. The molecule has 2 atom stereocenters. The summed E-state index contributed by atoms with van der Waals surface area (Å²) < 4.78 is 0. The normalized spacial score (nSPS) is 36.8. The zero-order valence-corrected chi connectivity index (χ0v) is 7.42. The van der Waals surface area contributed by atoms with Crippen molar-refractivity contribution in [2.45, 2.75) is 31.4 Å². The van der Waals surface area contributed by atoms with Gasteiger partial charge in [-0.15, -0.1) is 0 Å². The predicted molar refractivity (Wildman–Crippen MR) is 48.0 cm³/mol. The summed E-state index contributed by atoms with van der Waals surface area (Å²) in [6.07, 6.45) is 3.51. The van der Waals surface area contributed by atoms with Gasteiger partial charge in [0.2, 0.25) is 0 Å². The minimum Gasteiger partial charge on any atom is -0.391 e. The molecule has 70 valence electrons. The molecule has 1 saturated heterocycles. The molecule has 3 N–H and O–H groups in total. The van der Waals surface area contributed by atoms with Crippen LogP contribution in [0, 0.1) is 5.92 Å². The van der Waals surface area contributed by atoms with Crippen LogP contribution in [0.4, 0.5) is 0 Å². The number of aliphatic hydroxyl groups excluding tert-OH is 1. The van der Waals surface area contributed by atoms with E-state index in [1.165, 1.54) is 12.8 Å². The zero-order chi connectivity index (χ0) is 8.39. The van der Waals surface area contributed by atoms with Crippen LogP contribution >= 0.6 is 0 Å². The summed E-state index contributed by atoms with van der Waals surface area (Å²) >= 11 is 0. The summed E-state index contributed by atoms with van der Waals surface area (Å²) in [6, 6.07) is 0.291. The Balaban J connectivity index is 1.68. The van der Waals surface area contributed by atoms with Gasteiger partial charge in [-0.3, -0.25) is 0 Å². The van der Waals surface area contributed by atoms with E-state index in [4.69, 9.17) is 0 Å². The fourth-order valence-corrected chi connectivity index (χ4v) is 1.69. The first kappa shape index (κ1) is 8.48. The van der Waals surface area contributed by atoms with Crippen molar-refractivity contribution in [2.75, 3.05) is 19.6 Å². The first-order valence-electron chi connectivity index (χ1n) is 4.98. The second-order valence-electron chi connectivity index (χ2n) is 4.02. The number of aliphatic hydroxyl groups is 1. The van der Waals surface area contributed by atoms with Crippen molar-refractivity contribution < 1.29 is 5.11 Å². The number of hydrogen-bond acceptors (Lipinski definition) is 3. The Hall–Kier alpha value is -0.120. The highest BCUT2D eigenvalue weighted by atomic mass is 16.3. The van der Waals surface area contributed by atoms with E-state index in [-0.39, 0.29) is 6.10 Å². The van der Waals surface area contributed by atoms with E-state index in [9.17, 15) is 5.11 Å². The molecule has 12 heavy (non-hydrogen) atoms. The molecule has 3 heteroatoms.